The summed E-state index contributed by atoms with van der Waals surface area (Å²) in [6.45, 7) is 0.347. The number of nitrogens with zero attached hydrogens (tertiary/aromatic N) is 5. The van der Waals surface area contributed by atoms with Crippen LogP contribution in [0.25, 0.3) is 11.5 Å². The minimum Gasteiger partial charge on any atom is -0.334 e. The van der Waals surface area contributed by atoms with E-state index in [1.807, 2.05) is 0 Å². The quantitative estimate of drug-likeness (QED) is 0.676. The summed E-state index contributed by atoms with van der Waals surface area (Å²) in [5.41, 5.74) is 1.48. The Morgan fingerprint density at radius 3 is 2.81 bits per heavy atom. The molecular weight excluding hydrogens is 297 g/mol. The molecule has 3 aromatic rings. The van der Waals surface area contributed by atoms with Crippen LogP contribution in [-0.2, 0) is 13.0 Å². The summed E-state index contributed by atoms with van der Waals surface area (Å²) in [6, 6.07) is 5.85. The second-order valence-electron chi connectivity index (χ2n) is 4.37. The van der Waals surface area contributed by atoms with Gasteiger partial charge < -0.3 is 4.52 Å². The van der Waals surface area contributed by atoms with Crippen LogP contribution in [0.3, 0.4) is 0 Å². The molecule has 1 aromatic carbocycles. The van der Waals surface area contributed by atoms with Crippen molar-refractivity contribution in [3.05, 3.63) is 47.8 Å². The Hall–Kier alpha value is -2.28. The molecular formula is C13H11ClFN5O. The number of halogens is 2. The van der Waals surface area contributed by atoms with E-state index < -0.39 is 0 Å². The molecule has 0 spiro atoms. The predicted molar refractivity (Wildman–Crippen MR) is 73.2 cm³/mol. The first-order valence-corrected chi connectivity index (χ1v) is 6.81. The number of hydrogen-bond donors (Lipinski definition) is 0. The van der Waals surface area contributed by atoms with E-state index in [-0.39, 0.29) is 5.82 Å². The lowest BCUT2D eigenvalue weighted by Gasteiger charge is -1.93. The lowest BCUT2D eigenvalue weighted by molar-refractivity contribution is 0.418. The van der Waals surface area contributed by atoms with E-state index in [0.717, 1.165) is 5.69 Å². The maximum atomic E-state index is 12.9. The maximum Gasteiger partial charge on any atom is 0.257 e. The van der Waals surface area contributed by atoms with Crippen molar-refractivity contribution in [2.45, 2.75) is 13.0 Å². The van der Waals surface area contributed by atoms with Gasteiger partial charge in [0.05, 0.1) is 5.69 Å². The molecule has 21 heavy (non-hydrogen) atoms. The van der Waals surface area contributed by atoms with Crippen molar-refractivity contribution in [1.29, 1.82) is 0 Å². The van der Waals surface area contributed by atoms with Crippen LogP contribution in [0.2, 0.25) is 0 Å². The molecule has 2 heterocycles. The largest absolute Gasteiger partial charge is 0.334 e. The van der Waals surface area contributed by atoms with Gasteiger partial charge in [0.1, 0.15) is 12.4 Å². The van der Waals surface area contributed by atoms with E-state index in [1.54, 1.807) is 23.0 Å². The normalized spacial score (nSPS) is 11.0. The molecule has 0 N–H and O–H groups in total. The molecule has 0 fully saturated rings. The standard InChI is InChI=1S/C13H11ClFN5O/c14-6-5-11-7-20(19-17-11)8-12-16-13(21-18-12)9-1-3-10(15)4-2-9/h1-4,7H,5-6,8H2. The highest BCUT2D eigenvalue weighted by Crippen LogP contribution is 2.17. The van der Waals surface area contributed by atoms with Gasteiger partial charge in [-0.3, -0.25) is 0 Å². The van der Waals surface area contributed by atoms with Crippen molar-refractivity contribution < 1.29 is 8.91 Å². The second-order valence-corrected chi connectivity index (χ2v) is 4.75. The van der Waals surface area contributed by atoms with Gasteiger partial charge in [0.25, 0.3) is 5.89 Å². The van der Waals surface area contributed by atoms with Crippen LogP contribution in [0.4, 0.5) is 4.39 Å². The molecule has 2 aromatic heterocycles. The fraction of sp³-hybridized carbons (Fsp3) is 0.231. The summed E-state index contributed by atoms with van der Waals surface area (Å²) in [4.78, 5) is 4.25. The highest BCUT2D eigenvalue weighted by atomic mass is 35.5. The first kappa shape index (κ1) is 13.7. The summed E-state index contributed by atoms with van der Waals surface area (Å²) in [6.07, 6.45) is 2.45. The van der Waals surface area contributed by atoms with Gasteiger partial charge >= 0.3 is 0 Å². The van der Waals surface area contributed by atoms with Gasteiger partial charge in [-0.25, -0.2) is 9.07 Å². The Morgan fingerprint density at radius 1 is 1.24 bits per heavy atom. The number of aromatic nitrogens is 5. The Balaban J connectivity index is 1.73. The Kier molecular flexibility index (Phi) is 3.92. The van der Waals surface area contributed by atoms with Crippen molar-refractivity contribution in [1.82, 2.24) is 25.1 Å². The molecule has 6 nitrogen and oxygen atoms in total. The van der Waals surface area contributed by atoms with E-state index in [2.05, 4.69) is 20.5 Å². The molecule has 0 atom stereocenters. The third-order valence-corrected chi connectivity index (χ3v) is 2.99. The van der Waals surface area contributed by atoms with Gasteiger partial charge in [-0.2, -0.15) is 4.98 Å². The van der Waals surface area contributed by atoms with Crippen LogP contribution < -0.4 is 0 Å². The summed E-state index contributed by atoms with van der Waals surface area (Å²) in [5.74, 6) is 0.992. The van der Waals surface area contributed by atoms with Gasteiger partial charge in [0, 0.05) is 24.1 Å². The topological polar surface area (TPSA) is 69.6 Å². The Labute approximate surface area is 124 Å². The Bertz CT molecular complexity index is 724. The third kappa shape index (κ3) is 3.25. The molecule has 8 heteroatoms. The van der Waals surface area contributed by atoms with Gasteiger partial charge in [0.15, 0.2) is 5.82 Å². The zero-order chi connectivity index (χ0) is 14.7. The Morgan fingerprint density at radius 2 is 2.05 bits per heavy atom. The molecule has 3 rings (SSSR count). The van der Waals surface area contributed by atoms with E-state index in [1.165, 1.54) is 12.1 Å². The molecule has 0 bridgehead atoms. The average molecular weight is 308 g/mol. The molecule has 0 radical (unpaired) electrons. The molecule has 0 aliphatic carbocycles. The maximum absolute atomic E-state index is 12.9. The van der Waals surface area contributed by atoms with E-state index in [4.69, 9.17) is 16.1 Å². The van der Waals surface area contributed by atoms with Gasteiger partial charge in [0.2, 0.25) is 0 Å². The fourth-order valence-corrected chi connectivity index (χ4v) is 1.99. The number of benzene rings is 1. The SMILES string of the molecule is Fc1ccc(-c2nc(Cn3cc(CCCl)nn3)no2)cc1. The molecule has 0 aliphatic rings. The predicted octanol–water partition coefficient (Wildman–Crippen LogP) is 2.30. The number of alkyl halides is 1. The lowest BCUT2D eigenvalue weighted by atomic mass is 10.2. The zero-order valence-electron chi connectivity index (χ0n) is 10.9. The molecule has 0 saturated carbocycles. The van der Waals surface area contributed by atoms with Crippen LogP contribution in [0.15, 0.2) is 35.0 Å². The highest BCUT2D eigenvalue weighted by Gasteiger charge is 2.10. The number of hydrogen-bond acceptors (Lipinski definition) is 5. The van der Waals surface area contributed by atoms with Crippen molar-refractivity contribution in [3.8, 4) is 11.5 Å². The summed E-state index contributed by atoms with van der Waals surface area (Å²) in [7, 11) is 0. The van der Waals surface area contributed by atoms with Crippen LogP contribution in [0.1, 0.15) is 11.5 Å². The van der Waals surface area contributed by atoms with Crippen molar-refractivity contribution in [3.63, 3.8) is 0 Å². The lowest BCUT2D eigenvalue weighted by Crippen LogP contribution is -2.02. The van der Waals surface area contributed by atoms with Crippen LogP contribution >= 0.6 is 11.6 Å². The van der Waals surface area contributed by atoms with E-state index in [9.17, 15) is 4.39 Å². The van der Waals surface area contributed by atoms with Gasteiger partial charge in [-0.15, -0.1) is 16.7 Å². The van der Waals surface area contributed by atoms with Crippen LogP contribution in [0, 0.1) is 5.82 Å². The first-order chi connectivity index (χ1) is 10.2. The van der Waals surface area contributed by atoms with Crippen molar-refractivity contribution >= 4 is 11.6 Å². The second kappa shape index (κ2) is 6.01. The fourth-order valence-electron chi connectivity index (χ4n) is 1.80. The molecule has 0 saturated heterocycles. The smallest absolute Gasteiger partial charge is 0.257 e. The molecule has 108 valence electrons. The molecule has 0 aliphatic heterocycles. The van der Waals surface area contributed by atoms with Crippen LogP contribution in [0.5, 0.6) is 0 Å². The minimum absolute atomic E-state index is 0.312. The van der Waals surface area contributed by atoms with E-state index in [0.29, 0.717) is 36.1 Å². The van der Waals surface area contributed by atoms with Crippen molar-refractivity contribution in [2.24, 2.45) is 0 Å². The monoisotopic (exact) mass is 307 g/mol. The van der Waals surface area contributed by atoms with Gasteiger partial charge in [-0.1, -0.05) is 10.4 Å². The van der Waals surface area contributed by atoms with Crippen molar-refractivity contribution in [2.75, 3.05) is 5.88 Å². The summed E-state index contributed by atoms with van der Waals surface area (Å²) in [5, 5.41) is 11.8. The minimum atomic E-state index is -0.312. The first-order valence-electron chi connectivity index (χ1n) is 6.28. The number of aryl methyl sites for hydroxylation is 1. The summed E-state index contributed by atoms with van der Waals surface area (Å²) >= 11 is 5.64. The summed E-state index contributed by atoms with van der Waals surface area (Å²) < 4.78 is 19.6. The highest BCUT2D eigenvalue weighted by molar-refractivity contribution is 6.17. The molecule has 0 unspecified atom stereocenters. The van der Waals surface area contributed by atoms with E-state index >= 15 is 0 Å². The third-order valence-electron chi connectivity index (χ3n) is 2.80. The number of rotatable bonds is 5. The zero-order valence-corrected chi connectivity index (χ0v) is 11.7. The van der Waals surface area contributed by atoms with Crippen LogP contribution in [-0.4, -0.2) is 31.0 Å². The van der Waals surface area contributed by atoms with Gasteiger partial charge in [-0.05, 0) is 24.3 Å². The average Bonchev–Trinajstić information content (AvgIpc) is 3.11. The molecule has 0 amide bonds.